The van der Waals surface area contributed by atoms with Gasteiger partial charge in [-0.15, -0.1) is 0 Å². The van der Waals surface area contributed by atoms with Crippen molar-refractivity contribution in [2.24, 2.45) is 5.92 Å². The molecule has 2 aliphatic heterocycles. The molecule has 1 unspecified atom stereocenters. The Balaban J connectivity index is 1.82. The second-order valence-electron chi connectivity index (χ2n) is 5.27. The molecule has 1 aromatic carbocycles. The number of hydrogen-bond donors (Lipinski definition) is 1. The highest BCUT2D eigenvalue weighted by Gasteiger charge is 2.29. The van der Waals surface area contributed by atoms with Gasteiger partial charge in [0, 0.05) is 18.8 Å². The fourth-order valence-corrected chi connectivity index (χ4v) is 3.05. The first-order valence-corrected chi connectivity index (χ1v) is 6.96. The summed E-state index contributed by atoms with van der Waals surface area (Å²) in [6.45, 7) is 2.78. The second kappa shape index (κ2) is 5.11. The number of amides is 1. The average molecular weight is 244 g/mol. The molecule has 0 radical (unpaired) electrons. The zero-order chi connectivity index (χ0) is 12.4. The van der Waals surface area contributed by atoms with Crippen LogP contribution in [0.5, 0.6) is 0 Å². The van der Waals surface area contributed by atoms with Crippen LogP contribution < -0.4 is 10.2 Å². The van der Waals surface area contributed by atoms with Crippen molar-refractivity contribution in [3.63, 3.8) is 0 Å². The Labute approximate surface area is 108 Å². The highest BCUT2D eigenvalue weighted by Crippen LogP contribution is 2.28. The number of nitrogens with one attached hydrogen (secondary N) is 1. The smallest absolute Gasteiger partial charge is 0.231 e. The minimum Gasteiger partial charge on any atom is -0.316 e. The number of nitrogens with zero attached hydrogens (tertiary/aromatic N) is 1. The number of anilines is 1. The SMILES string of the molecule is O=C(C1CCCNC1)N1CCCc2ccccc21. The summed E-state index contributed by atoms with van der Waals surface area (Å²) in [5, 5.41) is 3.33. The minimum absolute atomic E-state index is 0.171. The van der Waals surface area contributed by atoms with Crippen molar-refractivity contribution in [2.75, 3.05) is 24.5 Å². The first-order valence-electron chi connectivity index (χ1n) is 6.96. The maximum absolute atomic E-state index is 12.6. The molecule has 1 atom stereocenters. The predicted octanol–water partition coefficient (Wildman–Crippen LogP) is 1.97. The van der Waals surface area contributed by atoms with Gasteiger partial charge in [0.15, 0.2) is 0 Å². The molecule has 0 bridgehead atoms. The van der Waals surface area contributed by atoms with Crippen LogP contribution in [-0.2, 0) is 11.2 Å². The van der Waals surface area contributed by atoms with E-state index >= 15 is 0 Å². The number of para-hydroxylation sites is 1. The molecule has 1 amide bonds. The van der Waals surface area contributed by atoms with Crippen LogP contribution in [0, 0.1) is 5.92 Å². The molecule has 0 aliphatic carbocycles. The Morgan fingerprint density at radius 2 is 2.17 bits per heavy atom. The van der Waals surface area contributed by atoms with Gasteiger partial charge in [-0.2, -0.15) is 0 Å². The largest absolute Gasteiger partial charge is 0.316 e. The maximum Gasteiger partial charge on any atom is 0.231 e. The molecular formula is C15H20N2O. The Bertz CT molecular complexity index is 438. The topological polar surface area (TPSA) is 32.3 Å². The lowest BCUT2D eigenvalue weighted by molar-refractivity contribution is -0.122. The van der Waals surface area contributed by atoms with Crippen LogP contribution in [0.15, 0.2) is 24.3 Å². The van der Waals surface area contributed by atoms with Gasteiger partial charge in [-0.25, -0.2) is 0 Å². The Kier molecular flexibility index (Phi) is 3.33. The van der Waals surface area contributed by atoms with Crippen LogP contribution >= 0.6 is 0 Å². The quantitative estimate of drug-likeness (QED) is 0.819. The van der Waals surface area contributed by atoms with Gasteiger partial charge in [0.25, 0.3) is 0 Å². The van der Waals surface area contributed by atoms with Crippen molar-refractivity contribution < 1.29 is 4.79 Å². The number of aryl methyl sites for hydroxylation is 1. The van der Waals surface area contributed by atoms with Crippen molar-refractivity contribution in [1.82, 2.24) is 5.32 Å². The molecular weight excluding hydrogens is 224 g/mol. The lowest BCUT2D eigenvalue weighted by Crippen LogP contribution is -2.45. The number of piperidine rings is 1. The third-order valence-corrected chi connectivity index (χ3v) is 4.02. The fourth-order valence-electron chi connectivity index (χ4n) is 3.05. The standard InChI is InChI=1S/C15H20N2O/c18-15(13-6-3-9-16-11-13)17-10-4-7-12-5-1-2-8-14(12)17/h1-2,5,8,13,16H,3-4,6-7,9-11H2. The van der Waals surface area contributed by atoms with Crippen LogP contribution in [0.2, 0.25) is 0 Å². The predicted molar refractivity (Wildman–Crippen MR) is 72.7 cm³/mol. The van der Waals surface area contributed by atoms with Gasteiger partial charge < -0.3 is 10.2 Å². The van der Waals surface area contributed by atoms with E-state index in [-0.39, 0.29) is 5.92 Å². The first kappa shape index (κ1) is 11.7. The Morgan fingerprint density at radius 1 is 1.28 bits per heavy atom. The van der Waals surface area contributed by atoms with Gasteiger partial charge in [0.2, 0.25) is 5.91 Å². The second-order valence-corrected chi connectivity index (χ2v) is 5.27. The number of carbonyl (C=O) groups excluding carboxylic acids is 1. The van der Waals surface area contributed by atoms with Gasteiger partial charge in [-0.3, -0.25) is 4.79 Å². The van der Waals surface area contributed by atoms with E-state index < -0.39 is 0 Å². The summed E-state index contributed by atoms with van der Waals surface area (Å²) in [5.74, 6) is 0.485. The highest BCUT2D eigenvalue weighted by atomic mass is 16.2. The van der Waals surface area contributed by atoms with Gasteiger partial charge in [-0.1, -0.05) is 18.2 Å². The molecule has 1 N–H and O–H groups in total. The molecule has 96 valence electrons. The van der Waals surface area contributed by atoms with E-state index in [1.807, 2.05) is 11.0 Å². The van der Waals surface area contributed by atoms with E-state index in [0.717, 1.165) is 51.0 Å². The van der Waals surface area contributed by atoms with E-state index in [2.05, 4.69) is 23.5 Å². The molecule has 0 spiro atoms. The summed E-state index contributed by atoms with van der Waals surface area (Å²) in [4.78, 5) is 14.6. The van der Waals surface area contributed by atoms with E-state index in [1.165, 1.54) is 5.56 Å². The molecule has 1 aromatic rings. The molecule has 2 heterocycles. The molecule has 18 heavy (non-hydrogen) atoms. The molecule has 3 heteroatoms. The molecule has 3 nitrogen and oxygen atoms in total. The minimum atomic E-state index is 0.171. The fraction of sp³-hybridized carbons (Fsp3) is 0.533. The van der Waals surface area contributed by atoms with E-state index in [0.29, 0.717) is 5.91 Å². The summed E-state index contributed by atoms with van der Waals surface area (Å²) in [5.41, 5.74) is 2.46. The van der Waals surface area contributed by atoms with E-state index in [1.54, 1.807) is 0 Å². The van der Waals surface area contributed by atoms with Crippen LogP contribution in [-0.4, -0.2) is 25.5 Å². The van der Waals surface area contributed by atoms with Crippen LogP contribution in [0.3, 0.4) is 0 Å². The van der Waals surface area contributed by atoms with Crippen molar-refractivity contribution >= 4 is 11.6 Å². The summed E-state index contributed by atoms with van der Waals surface area (Å²) < 4.78 is 0. The lowest BCUT2D eigenvalue weighted by atomic mass is 9.95. The highest BCUT2D eigenvalue weighted by molar-refractivity contribution is 5.96. The first-order chi connectivity index (χ1) is 8.86. The van der Waals surface area contributed by atoms with Gasteiger partial charge in [0.1, 0.15) is 0 Å². The molecule has 3 rings (SSSR count). The van der Waals surface area contributed by atoms with Crippen molar-refractivity contribution in [3.05, 3.63) is 29.8 Å². The number of fused-ring (bicyclic) bond motifs is 1. The summed E-state index contributed by atoms with van der Waals surface area (Å²) in [6, 6.07) is 8.33. The van der Waals surface area contributed by atoms with Gasteiger partial charge in [-0.05, 0) is 43.9 Å². The van der Waals surface area contributed by atoms with E-state index in [4.69, 9.17) is 0 Å². The van der Waals surface area contributed by atoms with Crippen LogP contribution in [0.25, 0.3) is 0 Å². The molecule has 0 aromatic heterocycles. The maximum atomic E-state index is 12.6. The number of carbonyl (C=O) groups is 1. The Morgan fingerprint density at radius 3 is 3.00 bits per heavy atom. The molecule has 1 fully saturated rings. The van der Waals surface area contributed by atoms with E-state index in [9.17, 15) is 4.79 Å². The Hall–Kier alpha value is -1.35. The van der Waals surface area contributed by atoms with Crippen molar-refractivity contribution in [2.45, 2.75) is 25.7 Å². The summed E-state index contributed by atoms with van der Waals surface area (Å²) in [6.07, 6.45) is 4.34. The van der Waals surface area contributed by atoms with Gasteiger partial charge >= 0.3 is 0 Å². The third-order valence-electron chi connectivity index (χ3n) is 4.02. The summed E-state index contributed by atoms with van der Waals surface area (Å²) >= 11 is 0. The normalized spacial score (nSPS) is 23.6. The molecule has 1 saturated heterocycles. The van der Waals surface area contributed by atoms with Crippen molar-refractivity contribution in [3.8, 4) is 0 Å². The van der Waals surface area contributed by atoms with Gasteiger partial charge in [0.05, 0.1) is 5.92 Å². The third kappa shape index (κ3) is 2.15. The monoisotopic (exact) mass is 244 g/mol. The number of rotatable bonds is 1. The summed E-state index contributed by atoms with van der Waals surface area (Å²) in [7, 11) is 0. The zero-order valence-corrected chi connectivity index (χ0v) is 10.7. The molecule has 2 aliphatic rings. The average Bonchev–Trinajstić information content (AvgIpc) is 2.47. The van der Waals surface area contributed by atoms with Crippen molar-refractivity contribution in [1.29, 1.82) is 0 Å². The number of benzene rings is 1. The zero-order valence-electron chi connectivity index (χ0n) is 10.7. The number of hydrogen-bond acceptors (Lipinski definition) is 2. The van der Waals surface area contributed by atoms with Crippen LogP contribution in [0.4, 0.5) is 5.69 Å². The lowest BCUT2D eigenvalue weighted by Gasteiger charge is -2.33. The molecule has 0 saturated carbocycles. The van der Waals surface area contributed by atoms with Crippen LogP contribution in [0.1, 0.15) is 24.8 Å².